The number of hydrogen-bond donors (Lipinski definition) is 0. The van der Waals surface area contributed by atoms with E-state index in [1.807, 2.05) is 53.9 Å². The molecule has 0 fully saturated rings. The van der Waals surface area contributed by atoms with Crippen LogP contribution in [-0.4, -0.2) is 5.97 Å². The number of thiophene rings is 1. The van der Waals surface area contributed by atoms with Gasteiger partial charge in [0.25, 0.3) is 0 Å². The van der Waals surface area contributed by atoms with Gasteiger partial charge < -0.3 is 4.74 Å². The standard InChI is InChI=1S/C15H11NO2S/c16-10-13(9-14-7-4-8-19-14)15(17)18-11-12-5-2-1-3-6-12/h1-9H,11H2. The molecule has 1 aromatic heterocycles. The molecule has 0 N–H and O–H groups in total. The smallest absolute Gasteiger partial charge is 0.349 e. The van der Waals surface area contributed by atoms with Gasteiger partial charge in [-0.15, -0.1) is 11.3 Å². The molecule has 0 unspecified atom stereocenters. The van der Waals surface area contributed by atoms with Crippen LogP contribution in [0.4, 0.5) is 0 Å². The Kier molecular flexibility index (Phi) is 4.49. The van der Waals surface area contributed by atoms with Crippen LogP contribution in [0, 0.1) is 11.3 Å². The summed E-state index contributed by atoms with van der Waals surface area (Å²) in [7, 11) is 0. The molecule has 0 aliphatic heterocycles. The summed E-state index contributed by atoms with van der Waals surface area (Å²) in [5.74, 6) is -0.597. The van der Waals surface area contributed by atoms with Gasteiger partial charge in [-0.1, -0.05) is 36.4 Å². The van der Waals surface area contributed by atoms with Gasteiger partial charge in [-0.3, -0.25) is 0 Å². The molecule has 0 atom stereocenters. The van der Waals surface area contributed by atoms with Crippen molar-refractivity contribution in [2.45, 2.75) is 6.61 Å². The van der Waals surface area contributed by atoms with Crippen LogP contribution in [0.5, 0.6) is 0 Å². The van der Waals surface area contributed by atoms with E-state index in [1.54, 1.807) is 0 Å². The third kappa shape index (κ3) is 3.80. The van der Waals surface area contributed by atoms with Crippen molar-refractivity contribution in [3.8, 4) is 6.07 Å². The van der Waals surface area contributed by atoms with Gasteiger partial charge >= 0.3 is 5.97 Å². The van der Waals surface area contributed by atoms with Crippen molar-refractivity contribution in [3.63, 3.8) is 0 Å². The Labute approximate surface area is 115 Å². The summed E-state index contributed by atoms with van der Waals surface area (Å²) in [5, 5.41) is 10.9. The fraction of sp³-hybridized carbons (Fsp3) is 0.0667. The van der Waals surface area contributed by atoms with Gasteiger partial charge in [-0.05, 0) is 23.1 Å². The van der Waals surface area contributed by atoms with Gasteiger partial charge in [-0.25, -0.2) is 4.79 Å². The Bertz CT molecular complexity index is 609. The molecule has 0 bridgehead atoms. The van der Waals surface area contributed by atoms with Crippen LogP contribution >= 0.6 is 11.3 Å². The highest BCUT2D eigenvalue weighted by Crippen LogP contribution is 2.14. The van der Waals surface area contributed by atoms with Gasteiger partial charge in [0.15, 0.2) is 0 Å². The minimum absolute atomic E-state index is 0.0124. The van der Waals surface area contributed by atoms with Crippen LogP contribution in [0.1, 0.15) is 10.4 Å². The highest BCUT2D eigenvalue weighted by Gasteiger charge is 2.11. The topological polar surface area (TPSA) is 50.1 Å². The molecule has 94 valence electrons. The highest BCUT2D eigenvalue weighted by atomic mass is 32.1. The number of esters is 1. The molecule has 3 nitrogen and oxygen atoms in total. The maximum absolute atomic E-state index is 11.8. The van der Waals surface area contributed by atoms with Crippen LogP contribution in [0.15, 0.2) is 53.4 Å². The molecule has 0 saturated carbocycles. The molecule has 2 rings (SSSR count). The third-order valence-electron chi connectivity index (χ3n) is 2.38. The molecular formula is C15H11NO2S. The quantitative estimate of drug-likeness (QED) is 0.485. The Morgan fingerprint density at radius 2 is 2.05 bits per heavy atom. The van der Waals surface area contributed by atoms with Crippen LogP contribution in [0.2, 0.25) is 0 Å². The first kappa shape index (κ1) is 13.1. The average molecular weight is 269 g/mol. The Hall–Kier alpha value is -2.38. The number of hydrogen-bond acceptors (Lipinski definition) is 4. The van der Waals surface area contributed by atoms with Crippen LogP contribution < -0.4 is 0 Å². The van der Waals surface area contributed by atoms with Crippen LogP contribution in [0.3, 0.4) is 0 Å². The van der Waals surface area contributed by atoms with Crippen LogP contribution in [-0.2, 0) is 16.1 Å². The number of nitriles is 1. The SMILES string of the molecule is N#CC(=Cc1cccs1)C(=O)OCc1ccccc1. The fourth-order valence-corrected chi connectivity index (χ4v) is 2.11. The van der Waals surface area contributed by atoms with Crippen molar-refractivity contribution in [1.82, 2.24) is 0 Å². The first-order chi connectivity index (χ1) is 9.29. The predicted molar refractivity (Wildman–Crippen MR) is 74.1 cm³/mol. The predicted octanol–water partition coefficient (Wildman–Crippen LogP) is 3.40. The molecule has 19 heavy (non-hydrogen) atoms. The molecular weight excluding hydrogens is 258 g/mol. The van der Waals surface area contributed by atoms with Gasteiger partial charge in [0.1, 0.15) is 18.2 Å². The van der Waals surface area contributed by atoms with E-state index in [9.17, 15) is 4.79 Å². The number of nitrogens with zero attached hydrogens (tertiary/aromatic N) is 1. The monoisotopic (exact) mass is 269 g/mol. The summed E-state index contributed by atoms with van der Waals surface area (Å²) in [5.41, 5.74) is 0.905. The lowest BCUT2D eigenvalue weighted by Gasteiger charge is -2.03. The lowest BCUT2D eigenvalue weighted by atomic mass is 10.2. The van der Waals surface area contributed by atoms with Gasteiger partial charge in [-0.2, -0.15) is 5.26 Å². The Balaban J connectivity index is 2.01. The first-order valence-corrected chi connectivity index (χ1v) is 6.54. The maximum Gasteiger partial charge on any atom is 0.349 e. The van der Waals surface area contributed by atoms with Gasteiger partial charge in [0, 0.05) is 4.88 Å². The number of carbonyl (C=O) groups excluding carboxylic acids is 1. The third-order valence-corrected chi connectivity index (χ3v) is 3.20. The minimum atomic E-state index is -0.597. The number of benzene rings is 1. The lowest BCUT2D eigenvalue weighted by molar-refractivity contribution is -0.139. The second-order valence-corrected chi connectivity index (χ2v) is 4.73. The maximum atomic E-state index is 11.8. The van der Waals surface area contributed by atoms with Crippen molar-refractivity contribution in [1.29, 1.82) is 5.26 Å². The number of carbonyl (C=O) groups is 1. The van der Waals surface area contributed by atoms with Gasteiger partial charge in [0.2, 0.25) is 0 Å². The molecule has 0 radical (unpaired) electrons. The summed E-state index contributed by atoms with van der Waals surface area (Å²) in [6.07, 6.45) is 1.54. The molecule has 0 aliphatic rings. The van der Waals surface area contributed by atoms with E-state index < -0.39 is 5.97 Å². The largest absolute Gasteiger partial charge is 0.457 e. The first-order valence-electron chi connectivity index (χ1n) is 5.66. The van der Waals surface area contributed by atoms with E-state index in [0.29, 0.717) is 0 Å². The van der Waals surface area contributed by atoms with E-state index in [-0.39, 0.29) is 12.2 Å². The van der Waals surface area contributed by atoms with E-state index in [2.05, 4.69) is 0 Å². The van der Waals surface area contributed by atoms with Crippen molar-refractivity contribution < 1.29 is 9.53 Å². The normalized spacial score (nSPS) is 10.8. The number of ether oxygens (including phenoxy) is 1. The van der Waals surface area contributed by atoms with Gasteiger partial charge in [0.05, 0.1) is 0 Å². The van der Waals surface area contributed by atoms with Crippen LogP contribution in [0.25, 0.3) is 6.08 Å². The molecule has 0 aliphatic carbocycles. The molecule has 1 aromatic carbocycles. The summed E-state index contributed by atoms with van der Waals surface area (Å²) >= 11 is 1.46. The van der Waals surface area contributed by atoms with E-state index in [0.717, 1.165) is 10.4 Å². The summed E-state index contributed by atoms with van der Waals surface area (Å²) in [6, 6.07) is 14.9. The summed E-state index contributed by atoms with van der Waals surface area (Å²) in [4.78, 5) is 12.6. The van der Waals surface area contributed by atoms with Crippen molar-refractivity contribution in [3.05, 3.63) is 63.9 Å². The second-order valence-electron chi connectivity index (χ2n) is 3.75. The second kappa shape index (κ2) is 6.53. The van der Waals surface area contributed by atoms with E-state index >= 15 is 0 Å². The highest BCUT2D eigenvalue weighted by molar-refractivity contribution is 7.10. The zero-order valence-corrected chi connectivity index (χ0v) is 10.9. The summed E-state index contributed by atoms with van der Waals surface area (Å²) < 4.78 is 5.10. The average Bonchev–Trinajstić information content (AvgIpc) is 2.96. The van der Waals surface area contributed by atoms with Crippen molar-refractivity contribution in [2.24, 2.45) is 0 Å². The number of rotatable bonds is 4. The molecule has 4 heteroatoms. The zero-order chi connectivity index (χ0) is 13.5. The van der Waals surface area contributed by atoms with E-state index in [4.69, 9.17) is 10.00 Å². The molecule has 0 amide bonds. The van der Waals surface area contributed by atoms with Crippen molar-refractivity contribution in [2.75, 3.05) is 0 Å². The summed E-state index contributed by atoms with van der Waals surface area (Å²) in [6.45, 7) is 0.170. The Morgan fingerprint density at radius 3 is 2.68 bits per heavy atom. The minimum Gasteiger partial charge on any atom is -0.457 e. The molecule has 1 heterocycles. The molecule has 0 spiro atoms. The van der Waals surface area contributed by atoms with Crippen molar-refractivity contribution >= 4 is 23.4 Å². The fourth-order valence-electron chi connectivity index (χ4n) is 1.45. The van der Waals surface area contributed by atoms with E-state index in [1.165, 1.54) is 17.4 Å². The Morgan fingerprint density at radius 1 is 1.26 bits per heavy atom. The molecule has 0 saturated heterocycles. The lowest BCUT2D eigenvalue weighted by Crippen LogP contribution is -2.06. The zero-order valence-electron chi connectivity index (χ0n) is 10.1. The molecule has 2 aromatic rings.